The fourth-order valence-electron chi connectivity index (χ4n) is 2.78. The first-order valence-corrected chi connectivity index (χ1v) is 7.35. The van der Waals surface area contributed by atoms with Crippen LogP contribution in [0.15, 0.2) is 24.3 Å². The molecular weight excluding hydrogens is 270 g/mol. The second-order valence-electron chi connectivity index (χ2n) is 5.54. The Morgan fingerprint density at radius 3 is 2.76 bits per heavy atom. The van der Waals surface area contributed by atoms with Gasteiger partial charge in [-0.1, -0.05) is 37.5 Å². The molecule has 2 atom stereocenters. The van der Waals surface area contributed by atoms with Gasteiger partial charge in [-0.05, 0) is 12.8 Å². The maximum Gasteiger partial charge on any atom is 0.273 e. The number of hydrogen-bond acceptors (Lipinski definition) is 4. The number of amides is 1. The third-order valence-corrected chi connectivity index (χ3v) is 3.96. The van der Waals surface area contributed by atoms with Crippen LogP contribution in [0.4, 0.5) is 5.69 Å². The minimum absolute atomic E-state index is 0.0143. The molecule has 21 heavy (non-hydrogen) atoms. The number of nitrogens with two attached hydrogens (primary N) is 1. The van der Waals surface area contributed by atoms with Crippen LogP contribution in [0.2, 0.25) is 0 Å². The van der Waals surface area contributed by atoms with E-state index in [4.69, 9.17) is 5.73 Å². The maximum atomic E-state index is 12.1. The first kappa shape index (κ1) is 15.4. The molecule has 1 aliphatic rings. The Bertz CT molecular complexity index is 519. The summed E-state index contributed by atoms with van der Waals surface area (Å²) in [6.45, 7) is 0. The topological polar surface area (TPSA) is 98.3 Å². The van der Waals surface area contributed by atoms with Crippen LogP contribution in [0.5, 0.6) is 0 Å². The van der Waals surface area contributed by atoms with Crippen molar-refractivity contribution in [2.45, 2.75) is 50.6 Å². The highest BCUT2D eigenvalue weighted by Gasteiger charge is 2.23. The van der Waals surface area contributed by atoms with Crippen molar-refractivity contribution in [3.63, 3.8) is 0 Å². The molecule has 0 saturated heterocycles. The Kier molecular flexibility index (Phi) is 5.27. The zero-order valence-corrected chi connectivity index (χ0v) is 12.0. The van der Waals surface area contributed by atoms with Crippen LogP contribution in [0.1, 0.15) is 37.7 Å². The predicted octanol–water partition coefficient (Wildman–Crippen LogP) is 1.91. The zero-order valence-electron chi connectivity index (χ0n) is 12.0. The standard InChI is InChI=1S/C15H21N3O3/c16-12-7-2-1-3-8-13(12)17-15(19)10-11-6-4-5-9-14(11)18(20)21/h4-6,9,12-13H,1-3,7-8,10,16H2,(H,17,19). The molecule has 1 fully saturated rings. The molecule has 1 aliphatic carbocycles. The minimum atomic E-state index is -0.458. The van der Waals surface area contributed by atoms with Gasteiger partial charge in [0.15, 0.2) is 0 Å². The van der Waals surface area contributed by atoms with Gasteiger partial charge >= 0.3 is 0 Å². The number of nitrogens with one attached hydrogen (secondary N) is 1. The number of carbonyl (C=O) groups is 1. The highest BCUT2D eigenvalue weighted by atomic mass is 16.6. The lowest BCUT2D eigenvalue weighted by atomic mass is 10.0. The molecule has 1 saturated carbocycles. The lowest BCUT2D eigenvalue weighted by Gasteiger charge is -2.22. The van der Waals surface area contributed by atoms with E-state index in [1.54, 1.807) is 18.2 Å². The molecule has 6 nitrogen and oxygen atoms in total. The highest BCUT2D eigenvalue weighted by molar-refractivity contribution is 5.80. The highest BCUT2D eigenvalue weighted by Crippen LogP contribution is 2.19. The maximum absolute atomic E-state index is 12.1. The van der Waals surface area contributed by atoms with Crippen LogP contribution in [0.3, 0.4) is 0 Å². The Hall–Kier alpha value is -1.95. The van der Waals surface area contributed by atoms with Gasteiger partial charge in [-0.2, -0.15) is 0 Å². The summed E-state index contributed by atoms with van der Waals surface area (Å²) >= 11 is 0. The van der Waals surface area contributed by atoms with E-state index in [2.05, 4.69) is 5.32 Å². The summed E-state index contributed by atoms with van der Waals surface area (Å²) in [6.07, 6.45) is 5.10. The van der Waals surface area contributed by atoms with Gasteiger partial charge < -0.3 is 11.1 Å². The molecule has 6 heteroatoms. The number of benzene rings is 1. The van der Waals surface area contributed by atoms with Crippen molar-refractivity contribution >= 4 is 11.6 Å². The summed E-state index contributed by atoms with van der Waals surface area (Å²) in [5.74, 6) is -0.202. The van der Waals surface area contributed by atoms with E-state index in [1.807, 2.05) is 0 Å². The van der Waals surface area contributed by atoms with E-state index in [-0.39, 0.29) is 30.1 Å². The minimum Gasteiger partial charge on any atom is -0.352 e. The summed E-state index contributed by atoms with van der Waals surface area (Å²) < 4.78 is 0. The van der Waals surface area contributed by atoms with Gasteiger partial charge in [-0.25, -0.2) is 0 Å². The van der Waals surface area contributed by atoms with Gasteiger partial charge in [0.1, 0.15) is 0 Å². The SMILES string of the molecule is NC1CCCCCC1NC(=O)Cc1ccccc1[N+](=O)[O-]. The lowest BCUT2D eigenvalue weighted by Crippen LogP contribution is -2.47. The van der Waals surface area contributed by atoms with Crippen molar-refractivity contribution in [3.8, 4) is 0 Å². The fraction of sp³-hybridized carbons (Fsp3) is 0.533. The van der Waals surface area contributed by atoms with Gasteiger partial charge in [0.2, 0.25) is 5.91 Å². The first-order valence-electron chi connectivity index (χ1n) is 7.35. The molecule has 1 aromatic rings. The van der Waals surface area contributed by atoms with Gasteiger partial charge in [0.05, 0.1) is 11.3 Å². The normalized spacial score (nSPS) is 22.3. The van der Waals surface area contributed by atoms with Crippen molar-refractivity contribution in [3.05, 3.63) is 39.9 Å². The van der Waals surface area contributed by atoms with E-state index in [1.165, 1.54) is 6.07 Å². The molecule has 0 radical (unpaired) electrons. The Morgan fingerprint density at radius 1 is 1.29 bits per heavy atom. The lowest BCUT2D eigenvalue weighted by molar-refractivity contribution is -0.385. The molecule has 1 amide bonds. The molecule has 0 spiro atoms. The van der Waals surface area contributed by atoms with Crippen molar-refractivity contribution in [2.24, 2.45) is 5.73 Å². The molecule has 0 aromatic heterocycles. The van der Waals surface area contributed by atoms with Gasteiger partial charge in [-0.3, -0.25) is 14.9 Å². The molecule has 0 bridgehead atoms. The average molecular weight is 291 g/mol. The average Bonchev–Trinajstić information content (AvgIpc) is 2.64. The smallest absolute Gasteiger partial charge is 0.273 e. The number of hydrogen-bond donors (Lipinski definition) is 2. The van der Waals surface area contributed by atoms with Crippen molar-refractivity contribution in [2.75, 3.05) is 0 Å². The Balaban J connectivity index is 2.00. The van der Waals surface area contributed by atoms with Crippen LogP contribution in [-0.4, -0.2) is 22.9 Å². The number of nitro benzene ring substituents is 1. The summed E-state index contributed by atoms with van der Waals surface area (Å²) in [5.41, 5.74) is 6.49. The molecule has 0 aliphatic heterocycles. The van der Waals surface area contributed by atoms with E-state index < -0.39 is 4.92 Å². The molecule has 0 heterocycles. The first-order chi connectivity index (χ1) is 10.1. The van der Waals surface area contributed by atoms with Gasteiger partial charge in [0, 0.05) is 23.7 Å². The zero-order chi connectivity index (χ0) is 15.2. The van der Waals surface area contributed by atoms with Gasteiger partial charge in [-0.15, -0.1) is 0 Å². The van der Waals surface area contributed by atoms with Crippen LogP contribution in [0.25, 0.3) is 0 Å². The second-order valence-corrected chi connectivity index (χ2v) is 5.54. The number of nitro groups is 1. The second kappa shape index (κ2) is 7.17. The molecular formula is C15H21N3O3. The molecule has 2 rings (SSSR count). The summed E-state index contributed by atoms with van der Waals surface area (Å²) in [6, 6.07) is 6.28. The number of para-hydroxylation sites is 1. The number of nitrogens with zero attached hydrogens (tertiary/aromatic N) is 1. The quantitative estimate of drug-likeness (QED) is 0.503. The Morgan fingerprint density at radius 2 is 2.00 bits per heavy atom. The summed E-state index contributed by atoms with van der Waals surface area (Å²) in [4.78, 5) is 22.6. The summed E-state index contributed by atoms with van der Waals surface area (Å²) in [7, 11) is 0. The molecule has 3 N–H and O–H groups in total. The molecule has 114 valence electrons. The van der Waals surface area contributed by atoms with Crippen LogP contribution in [0, 0.1) is 10.1 Å². The van der Waals surface area contributed by atoms with Crippen molar-refractivity contribution in [1.29, 1.82) is 0 Å². The molecule has 1 aromatic carbocycles. The van der Waals surface area contributed by atoms with E-state index >= 15 is 0 Å². The van der Waals surface area contributed by atoms with Crippen LogP contribution in [-0.2, 0) is 11.2 Å². The number of carbonyl (C=O) groups excluding carboxylic acids is 1. The third-order valence-electron chi connectivity index (χ3n) is 3.96. The summed E-state index contributed by atoms with van der Waals surface area (Å²) in [5, 5.41) is 13.9. The van der Waals surface area contributed by atoms with E-state index in [0.29, 0.717) is 5.56 Å². The van der Waals surface area contributed by atoms with Crippen molar-refractivity contribution < 1.29 is 9.72 Å². The number of rotatable bonds is 4. The van der Waals surface area contributed by atoms with Crippen LogP contribution >= 0.6 is 0 Å². The van der Waals surface area contributed by atoms with E-state index in [0.717, 1.165) is 32.1 Å². The fourth-order valence-corrected chi connectivity index (χ4v) is 2.78. The Labute approximate surface area is 123 Å². The monoisotopic (exact) mass is 291 g/mol. The third kappa shape index (κ3) is 4.26. The molecule has 2 unspecified atom stereocenters. The largest absolute Gasteiger partial charge is 0.352 e. The van der Waals surface area contributed by atoms with Crippen LogP contribution < -0.4 is 11.1 Å². The van der Waals surface area contributed by atoms with Gasteiger partial charge in [0.25, 0.3) is 5.69 Å². The van der Waals surface area contributed by atoms with E-state index in [9.17, 15) is 14.9 Å². The predicted molar refractivity (Wildman–Crippen MR) is 79.8 cm³/mol. The van der Waals surface area contributed by atoms with Crippen molar-refractivity contribution in [1.82, 2.24) is 5.32 Å².